The van der Waals surface area contributed by atoms with Crippen molar-refractivity contribution < 1.29 is 9.47 Å². The summed E-state index contributed by atoms with van der Waals surface area (Å²) in [6.45, 7) is 3.79. The second kappa shape index (κ2) is 5.02. The Kier molecular flexibility index (Phi) is 3.39. The first-order valence-electron chi connectivity index (χ1n) is 6.53. The van der Waals surface area contributed by atoms with E-state index in [1.807, 2.05) is 18.8 Å². The lowest BCUT2D eigenvalue weighted by atomic mass is 9.95. The van der Waals surface area contributed by atoms with Gasteiger partial charge in [-0.25, -0.2) is 0 Å². The van der Waals surface area contributed by atoms with Gasteiger partial charge >= 0.3 is 0 Å². The summed E-state index contributed by atoms with van der Waals surface area (Å²) >= 11 is 1.92. The molecule has 2 heterocycles. The molecule has 0 aromatic heterocycles. The molecule has 1 N–H and O–H groups in total. The van der Waals surface area contributed by atoms with Crippen LogP contribution in [-0.2, 0) is 0 Å². The van der Waals surface area contributed by atoms with Crippen LogP contribution in [0.15, 0.2) is 17.0 Å². The minimum absolute atomic E-state index is 0.415. The molecule has 0 radical (unpaired) electrons. The summed E-state index contributed by atoms with van der Waals surface area (Å²) in [6, 6.07) is 4.73. The number of ether oxygens (including phenoxy) is 2. The van der Waals surface area contributed by atoms with Crippen LogP contribution in [0.1, 0.15) is 24.9 Å². The van der Waals surface area contributed by atoms with Gasteiger partial charge in [0, 0.05) is 23.1 Å². The summed E-state index contributed by atoms with van der Waals surface area (Å²) in [4.78, 5) is 1.33. The topological polar surface area (TPSA) is 30.5 Å². The molecule has 0 fully saturated rings. The second-order valence-corrected chi connectivity index (χ2v) is 6.00. The summed E-state index contributed by atoms with van der Waals surface area (Å²) in [5.74, 6) is 3.60. The molecule has 3 nitrogen and oxygen atoms in total. The molecule has 0 bridgehead atoms. The Morgan fingerprint density at radius 1 is 1.22 bits per heavy atom. The second-order valence-electron chi connectivity index (χ2n) is 4.94. The van der Waals surface area contributed by atoms with Gasteiger partial charge in [0.15, 0.2) is 11.5 Å². The maximum Gasteiger partial charge on any atom is 0.162 e. The zero-order valence-electron chi connectivity index (χ0n) is 10.9. The standard InChI is InChI=1S/C14H19NO2S/c1-9-8-18-13-7-12-11(16-4-3-5-17-12)6-10(13)14(9)15-2/h6-7,9,14-15H,3-5,8H2,1-2H3. The average molecular weight is 265 g/mol. The third-order valence-corrected chi connectivity index (χ3v) is 4.95. The van der Waals surface area contributed by atoms with E-state index in [9.17, 15) is 0 Å². The molecule has 2 aliphatic rings. The van der Waals surface area contributed by atoms with E-state index in [2.05, 4.69) is 24.4 Å². The molecule has 0 spiro atoms. The predicted molar refractivity (Wildman–Crippen MR) is 73.7 cm³/mol. The monoisotopic (exact) mass is 265 g/mol. The van der Waals surface area contributed by atoms with Crippen molar-refractivity contribution >= 4 is 11.8 Å². The van der Waals surface area contributed by atoms with Crippen LogP contribution < -0.4 is 14.8 Å². The van der Waals surface area contributed by atoms with Crippen molar-refractivity contribution in [3.63, 3.8) is 0 Å². The van der Waals surface area contributed by atoms with Gasteiger partial charge in [0.25, 0.3) is 0 Å². The van der Waals surface area contributed by atoms with Crippen LogP contribution in [0.25, 0.3) is 0 Å². The smallest absolute Gasteiger partial charge is 0.162 e. The van der Waals surface area contributed by atoms with E-state index >= 15 is 0 Å². The minimum Gasteiger partial charge on any atom is -0.490 e. The van der Waals surface area contributed by atoms with Gasteiger partial charge in [-0.2, -0.15) is 0 Å². The van der Waals surface area contributed by atoms with Crippen molar-refractivity contribution in [2.45, 2.75) is 24.3 Å². The highest BCUT2D eigenvalue weighted by Gasteiger charge is 2.28. The molecule has 0 saturated carbocycles. The van der Waals surface area contributed by atoms with Gasteiger partial charge in [0.05, 0.1) is 13.2 Å². The molecule has 3 rings (SSSR count). The van der Waals surface area contributed by atoms with Crippen molar-refractivity contribution in [3.8, 4) is 11.5 Å². The van der Waals surface area contributed by atoms with E-state index in [-0.39, 0.29) is 0 Å². The van der Waals surface area contributed by atoms with Gasteiger partial charge in [-0.3, -0.25) is 0 Å². The number of benzene rings is 1. The van der Waals surface area contributed by atoms with E-state index < -0.39 is 0 Å². The van der Waals surface area contributed by atoms with Crippen LogP contribution in [0.5, 0.6) is 11.5 Å². The molecule has 0 amide bonds. The van der Waals surface area contributed by atoms with Gasteiger partial charge in [0.2, 0.25) is 0 Å². The molecule has 2 atom stereocenters. The fraction of sp³-hybridized carbons (Fsp3) is 0.571. The summed E-state index contributed by atoms with van der Waals surface area (Å²) in [5, 5.41) is 3.42. The zero-order chi connectivity index (χ0) is 12.5. The first kappa shape index (κ1) is 12.2. The van der Waals surface area contributed by atoms with E-state index in [4.69, 9.17) is 9.47 Å². The number of hydrogen-bond acceptors (Lipinski definition) is 4. The lowest BCUT2D eigenvalue weighted by Gasteiger charge is -2.31. The first-order chi connectivity index (χ1) is 8.79. The molecule has 1 aromatic carbocycles. The quantitative estimate of drug-likeness (QED) is 0.846. The predicted octanol–water partition coefficient (Wildman–Crippen LogP) is 2.85. The lowest BCUT2D eigenvalue weighted by Crippen LogP contribution is -2.28. The number of thioether (sulfide) groups is 1. The minimum atomic E-state index is 0.415. The fourth-order valence-corrected chi connectivity index (χ4v) is 3.82. The third kappa shape index (κ3) is 2.08. The normalized spacial score (nSPS) is 26.3. The van der Waals surface area contributed by atoms with Crippen molar-refractivity contribution in [1.82, 2.24) is 5.32 Å². The first-order valence-corrected chi connectivity index (χ1v) is 7.51. The van der Waals surface area contributed by atoms with Crippen LogP contribution in [0.3, 0.4) is 0 Å². The molecule has 0 aliphatic carbocycles. The molecule has 98 valence electrons. The van der Waals surface area contributed by atoms with E-state index in [0.29, 0.717) is 12.0 Å². The third-order valence-electron chi connectivity index (χ3n) is 3.60. The maximum absolute atomic E-state index is 5.78. The summed E-state index contributed by atoms with van der Waals surface area (Å²) in [6.07, 6.45) is 0.957. The number of hydrogen-bond donors (Lipinski definition) is 1. The maximum atomic E-state index is 5.78. The highest BCUT2D eigenvalue weighted by molar-refractivity contribution is 7.99. The molecule has 4 heteroatoms. The van der Waals surface area contributed by atoms with Crippen molar-refractivity contribution in [2.24, 2.45) is 5.92 Å². The Labute approximate surface area is 112 Å². The van der Waals surface area contributed by atoms with Crippen molar-refractivity contribution in [1.29, 1.82) is 0 Å². The summed E-state index contributed by atoms with van der Waals surface area (Å²) < 4.78 is 11.5. The molecule has 2 unspecified atom stereocenters. The van der Waals surface area contributed by atoms with E-state index in [0.717, 1.165) is 36.9 Å². The van der Waals surface area contributed by atoms with E-state index in [1.54, 1.807) is 0 Å². The van der Waals surface area contributed by atoms with Crippen LogP contribution in [0, 0.1) is 5.92 Å². The molecular formula is C14H19NO2S. The van der Waals surface area contributed by atoms with Crippen LogP contribution in [0.4, 0.5) is 0 Å². The van der Waals surface area contributed by atoms with Gasteiger partial charge in [-0.05, 0) is 30.7 Å². The van der Waals surface area contributed by atoms with Crippen molar-refractivity contribution in [3.05, 3.63) is 17.7 Å². The molecule has 0 saturated heterocycles. The lowest BCUT2D eigenvalue weighted by molar-refractivity contribution is 0.296. The van der Waals surface area contributed by atoms with E-state index in [1.165, 1.54) is 10.5 Å². The molecule has 1 aromatic rings. The van der Waals surface area contributed by atoms with Crippen molar-refractivity contribution in [2.75, 3.05) is 26.0 Å². The zero-order valence-corrected chi connectivity index (χ0v) is 11.7. The highest BCUT2D eigenvalue weighted by Crippen LogP contribution is 2.45. The molecular weight excluding hydrogens is 246 g/mol. The van der Waals surface area contributed by atoms with Gasteiger partial charge in [0.1, 0.15) is 0 Å². The number of fused-ring (bicyclic) bond motifs is 2. The van der Waals surface area contributed by atoms with Crippen LogP contribution >= 0.6 is 11.8 Å². The number of rotatable bonds is 1. The Hall–Kier alpha value is -0.870. The summed E-state index contributed by atoms with van der Waals surface area (Å²) in [7, 11) is 2.03. The highest BCUT2D eigenvalue weighted by atomic mass is 32.2. The Balaban J connectivity index is 2.03. The summed E-state index contributed by atoms with van der Waals surface area (Å²) in [5.41, 5.74) is 1.35. The Morgan fingerprint density at radius 2 is 1.94 bits per heavy atom. The number of nitrogens with one attached hydrogen (secondary N) is 1. The van der Waals surface area contributed by atoms with Gasteiger partial charge in [-0.15, -0.1) is 11.8 Å². The van der Waals surface area contributed by atoms with Gasteiger partial charge in [-0.1, -0.05) is 6.92 Å². The van der Waals surface area contributed by atoms with Gasteiger partial charge < -0.3 is 14.8 Å². The fourth-order valence-electron chi connectivity index (χ4n) is 2.64. The van der Waals surface area contributed by atoms with Crippen LogP contribution in [-0.4, -0.2) is 26.0 Å². The SMILES string of the molecule is CNC1c2cc3c(cc2SCC1C)OCCCO3. The largest absolute Gasteiger partial charge is 0.490 e. The van der Waals surface area contributed by atoms with Crippen LogP contribution in [0.2, 0.25) is 0 Å². The molecule has 18 heavy (non-hydrogen) atoms. The molecule has 2 aliphatic heterocycles. The average Bonchev–Trinajstić information content (AvgIpc) is 2.61. The Morgan fingerprint density at radius 3 is 2.67 bits per heavy atom. The Bertz CT molecular complexity index is 450.